The highest BCUT2D eigenvalue weighted by molar-refractivity contribution is 9.10. The molecule has 1 aliphatic carbocycles. The molecule has 1 saturated carbocycles. The Morgan fingerprint density at radius 1 is 1.56 bits per heavy atom. The van der Waals surface area contributed by atoms with Crippen LogP contribution in [0.1, 0.15) is 30.1 Å². The largest absolute Gasteiger partial charge is 0.478 e. The molecule has 1 unspecified atom stereocenters. The number of anilines is 1. The third-order valence-electron chi connectivity index (χ3n) is 2.94. The molecule has 0 bridgehead atoms. The number of carboxylic acids is 1. The summed E-state index contributed by atoms with van der Waals surface area (Å²) in [6, 6.07) is 5.74. The second kappa shape index (κ2) is 4.45. The highest BCUT2D eigenvalue weighted by Gasteiger charge is 2.28. The maximum atomic E-state index is 11.1. The summed E-state index contributed by atoms with van der Waals surface area (Å²) >= 11 is 3.27. The van der Waals surface area contributed by atoms with Crippen molar-refractivity contribution < 1.29 is 9.90 Å². The van der Waals surface area contributed by atoms with Crippen molar-refractivity contribution in [1.82, 2.24) is 0 Å². The van der Waals surface area contributed by atoms with Gasteiger partial charge in [0.25, 0.3) is 0 Å². The Hall–Kier alpha value is -1.03. The molecule has 1 fully saturated rings. The van der Waals surface area contributed by atoms with Crippen molar-refractivity contribution in [2.24, 2.45) is 5.92 Å². The zero-order chi connectivity index (χ0) is 11.7. The van der Waals surface area contributed by atoms with Gasteiger partial charge in [0.2, 0.25) is 0 Å². The number of halogens is 1. The Morgan fingerprint density at radius 2 is 2.25 bits per heavy atom. The number of carbonyl (C=O) groups is 1. The quantitative estimate of drug-likeness (QED) is 0.891. The van der Waals surface area contributed by atoms with E-state index in [1.807, 2.05) is 12.1 Å². The molecule has 86 valence electrons. The van der Waals surface area contributed by atoms with Crippen molar-refractivity contribution >= 4 is 27.6 Å². The second-order valence-electron chi connectivity index (χ2n) is 4.24. The molecule has 4 heteroatoms. The number of benzene rings is 1. The first kappa shape index (κ1) is 11.5. The van der Waals surface area contributed by atoms with E-state index in [-0.39, 0.29) is 0 Å². The monoisotopic (exact) mass is 283 g/mol. The Kier molecular flexibility index (Phi) is 3.19. The van der Waals surface area contributed by atoms with E-state index in [1.54, 1.807) is 6.07 Å². The average molecular weight is 284 g/mol. The fourth-order valence-electron chi connectivity index (χ4n) is 1.82. The normalized spacial score (nSPS) is 16.9. The zero-order valence-electron chi connectivity index (χ0n) is 9.03. The number of hydrogen-bond donors (Lipinski definition) is 2. The van der Waals surface area contributed by atoms with E-state index >= 15 is 0 Å². The fraction of sp³-hybridized carbons (Fsp3) is 0.417. The van der Waals surface area contributed by atoms with Gasteiger partial charge in [-0.25, -0.2) is 4.79 Å². The van der Waals surface area contributed by atoms with Crippen LogP contribution >= 0.6 is 15.9 Å². The number of hydrogen-bond acceptors (Lipinski definition) is 2. The van der Waals surface area contributed by atoms with Crippen LogP contribution in [0.4, 0.5) is 5.69 Å². The Morgan fingerprint density at radius 3 is 2.81 bits per heavy atom. The van der Waals surface area contributed by atoms with Crippen LogP contribution in [0.5, 0.6) is 0 Å². The smallest absolute Gasteiger partial charge is 0.338 e. The lowest BCUT2D eigenvalue weighted by Gasteiger charge is -2.16. The van der Waals surface area contributed by atoms with Crippen molar-refractivity contribution in [3.63, 3.8) is 0 Å². The molecule has 1 atom stereocenters. The number of carboxylic acid groups (broad SMARTS) is 1. The Balaban J connectivity index is 2.24. The molecule has 0 amide bonds. The van der Waals surface area contributed by atoms with Crippen LogP contribution in [0.3, 0.4) is 0 Å². The molecule has 1 aliphatic rings. The van der Waals surface area contributed by atoms with E-state index in [9.17, 15) is 4.79 Å². The lowest BCUT2D eigenvalue weighted by atomic mass is 10.1. The van der Waals surface area contributed by atoms with E-state index in [0.29, 0.717) is 27.7 Å². The third kappa shape index (κ3) is 2.38. The highest BCUT2D eigenvalue weighted by atomic mass is 79.9. The van der Waals surface area contributed by atoms with E-state index in [4.69, 9.17) is 5.11 Å². The first-order valence-corrected chi connectivity index (χ1v) is 6.17. The van der Waals surface area contributed by atoms with Gasteiger partial charge in [-0.05, 0) is 53.7 Å². The standard InChI is InChI=1S/C12H14BrNO2/c1-7(8-5-6-8)14-10-4-2-3-9(13)11(10)12(15)16/h2-4,7-8,14H,5-6H2,1H3,(H,15,16). The maximum Gasteiger partial charge on any atom is 0.338 e. The molecule has 3 nitrogen and oxygen atoms in total. The molecule has 0 aliphatic heterocycles. The van der Waals surface area contributed by atoms with Crippen molar-refractivity contribution in [2.75, 3.05) is 5.32 Å². The van der Waals surface area contributed by atoms with Crippen LogP contribution in [-0.2, 0) is 0 Å². The number of rotatable bonds is 4. The predicted octanol–water partition coefficient (Wildman–Crippen LogP) is 3.36. The minimum atomic E-state index is -0.905. The van der Waals surface area contributed by atoms with Gasteiger partial charge in [-0.15, -0.1) is 0 Å². The summed E-state index contributed by atoms with van der Waals surface area (Å²) < 4.78 is 0.619. The van der Waals surface area contributed by atoms with Crippen molar-refractivity contribution in [3.8, 4) is 0 Å². The summed E-state index contributed by atoms with van der Waals surface area (Å²) in [6.07, 6.45) is 2.48. The van der Waals surface area contributed by atoms with Crippen molar-refractivity contribution in [3.05, 3.63) is 28.2 Å². The summed E-state index contributed by atoms with van der Waals surface area (Å²) in [6.45, 7) is 2.10. The number of nitrogens with one attached hydrogen (secondary N) is 1. The number of aromatic carboxylic acids is 1. The topological polar surface area (TPSA) is 49.3 Å². The minimum Gasteiger partial charge on any atom is -0.478 e. The van der Waals surface area contributed by atoms with Gasteiger partial charge in [0.15, 0.2) is 0 Å². The molecular weight excluding hydrogens is 270 g/mol. The molecular formula is C12H14BrNO2. The average Bonchev–Trinajstić information content (AvgIpc) is 2.99. The lowest BCUT2D eigenvalue weighted by Crippen LogP contribution is -2.19. The molecule has 0 heterocycles. The Bertz CT molecular complexity index is 415. The summed E-state index contributed by atoms with van der Waals surface area (Å²) in [7, 11) is 0. The minimum absolute atomic E-state index is 0.315. The van der Waals surface area contributed by atoms with Crippen LogP contribution in [-0.4, -0.2) is 17.1 Å². The van der Waals surface area contributed by atoms with E-state index in [0.717, 1.165) is 0 Å². The van der Waals surface area contributed by atoms with Crippen molar-refractivity contribution in [1.29, 1.82) is 0 Å². The third-order valence-corrected chi connectivity index (χ3v) is 3.60. The first-order chi connectivity index (χ1) is 7.59. The molecule has 1 aromatic carbocycles. The van der Waals surface area contributed by atoms with Gasteiger partial charge in [-0.1, -0.05) is 6.07 Å². The zero-order valence-corrected chi connectivity index (χ0v) is 10.6. The fourth-order valence-corrected chi connectivity index (χ4v) is 2.36. The van der Waals surface area contributed by atoms with Gasteiger partial charge in [0.1, 0.15) is 0 Å². The first-order valence-electron chi connectivity index (χ1n) is 5.38. The lowest BCUT2D eigenvalue weighted by molar-refractivity contribution is 0.0697. The molecule has 0 spiro atoms. The van der Waals surface area contributed by atoms with E-state index in [1.165, 1.54) is 12.8 Å². The van der Waals surface area contributed by atoms with Crippen LogP contribution in [0.2, 0.25) is 0 Å². The predicted molar refractivity (Wildman–Crippen MR) is 66.9 cm³/mol. The summed E-state index contributed by atoms with van der Waals surface area (Å²) in [5.74, 6) is -0.210. The molecule has 16 heavy (non-hydrogen) atoms. The Labute approximate surface area is 103 Å². The summed E-state index contributed by atoms with van der Waals surface area (Å²) in [5, 5.41) is 12.4. The SMILES string of the molecule is CC(Nc1cccc(Br)c1C(=O)O)C1CC1. The van der Waals surface area contributed by atoms with Gasteiger partial charge < -0.3 is 10.4 Å². The van der Waals surface area contributed by atoms with Crippen LogP contribution in [0.15, 0.2) is 22.7 Å². The molecule has 0 radical (unpaired) electrons. The molecule has 2 rings (SSSR count). The van der Waals surface area contributed by atoms with Crippen LogP contribution in [0.25, 0.3) is 0 Å². The van der Waals surface area contributed by atoms with Crippen LogP contribution in [0, 0.1) is 5.92 Å². The second-order valence-corrected chi connectivity index (χ2v) is 5.09. The van der Waals surface area contributed by atoms with Gasteiger partial charge in [-0.2, -0.15) is 0 Å². The van der Waals surface area contributed by atoms with Gasteiger partial charge in [0.05, 0.1) is 11.3 Å². The van der Waals surface area contributed by atoms with E-state index < -0.39 is 5.97 Å². The molecule has 2 N–H and O–H groups in total. The van der Waals surface area contributed by atoms with Gasteiger partial charge in [-0.3, -0.25) is 0 Å². The maximum absolute atomic E-state index is 11.1. The van der Waals surface area contributed by atoms with Crippen LogP contribution < -0.4 is 5.32 Å². The van der Waals surface area contributed by atoms with Gasteiger partial charge >= 0.3 is 5.97 Å². The summed E-state index contributed by atoms with van der Waals surface area (Å²) in [4.78, 5) is 11.1. The van der Waals surface area contributed by atoms with Crippen molar-refractivity contribution in [2.45, 2.75) is 25.8 Å². The molecule has 1 aromatic rings. The summed E-state index contributed by atoms with van der Waals surface area (Å²) in [5.41, 5.74) is 1.01. The van der Waals surface area contributed by atoms with E-state index in [2.05, 4.69) is 28.2 Å². The molecule has 0 aromatic heterocycles. The molecule has 0 saturated heterocycles. The highest BCUT2D eigenvalue weighted by Crippen LogP contribution is 2.35. The van der Waals surface area contributed by atoms with Gasteiger partial charge in [0, 0.05) is 10.5 Å².